The lowest BCUT2D eigenvalue weighted by Gasteiger charge is -2.11. The van der Waals surface area contributed by atoms with Gasteiger partial charge in [0, 0.05) is 24.2 Å². The molecule has 4 aromatic heterocycles. The third-order valence-corrected chi connectivity index (χ3v) is 4.42. The van der Waals surface area contributed by atoms with Gasteiger partial charge in [0.15, 0.2) is 0 Å². The Balaban J connectivity index is 2.06. The first-order valence-corrected chi connectivity index (χ1v) is 8.79. The molecule has 0 aliphatic rings. The monoisotopic (exact) mass is 376 g/mol. The first-order chi connectivity index (χ1) is 13.6. The maximum Gasteiger partial charge on any atom is 0.344 e. The minimum absolute atomic E-state index is 0.132. The zero-order valence-electron chi connectivity index (χ0n) is 15.2. The molecule has 0 saturated carbocycles. The molecule has 8 nitrogen and oxygen atoms in total. The average Bonchev–Trinajstić information content (AvgIpc) is 2.71. The molecule has 0 saturated heterocycles. The maximum absolute atomic E-state index is 13.0. The highest BCUT2D eigenvalue weighted by Gasteiger charge is 2.25. The SMILES string of the molecule is CCOC(=O)c1cc2c(=O)n3ccccc3nc2[n+](Cc2cccnc2)c1N. The van der Waals surface area contributed by atoms with E-state index in [0.717, 1.165) is 5.56 Å². The van der Waals surface area contributed by atoms with E-state index in [1.165, 1.54) is 10.5 Å². The third kappa shape index (κ3) is 2.94. The molecule has 2 N–H and O–H groups in total. The summed E-state index contributed by atoms with van der Waals surface area (Å²) in [7, 11) is 0. The summed E-state index contributed by atoms with van der Waals surface area (Å²) in [6, 6.07) is 10.4. The average molecular weight is 376 g/mol. The van der Waals surface area contributed by atoms with Crippen molar-refractivity contribution in [3.05, 3.63) is 76.5 Å². The van der Waals surface area contributed by atoms with E-state index in [2.05, 4.69) is 9.97 Å². The second-order valence-corrected chi connectivity index (χ2v) is 6.19. The van der Waals surface area contributed by atoms with Crippen LogP contribution < -0.4 is 15.9 Å². The molecule has 0 bridgehead atoms. The highest BCUT2D eigenvalue weighted by Crippen LogP contribution is 2.16. The number of rotatable bonds is 4. The highest BCUT2D eigenvalue weighted by molar-refractivity contribution is 5.96. The van der Waals surface area contributed by atoms with Crippen molar-refractivity contribution < 1.29 is 14.1 Å². The molecule has 0 unspecified atom stereocenters. The van der Waals surface area contributed by atoms with Crippen molar-refractivity contribution in [3.63, 3.8) is 0 Å². The number of fused-ring (bicyclic) bond motifs is 2. The van der Waals surface area contributed by atoms with Gasteiger partial charge in [0.1, 0.15) is 10.9 Å². The van der Waals surface area contributed by atoms with Crippen molar-refractivity contribution in [1.29, 1.82) is 0 Å². The smallest absolute Gasteiger partial charge is 0.344 e. The Morgan fingerprint density at radius 1 is 1.29 bits per heavy atom. The number of pyridine rings is 3. The van der Waals surface area contributed by atoms with Crippen LogP contribution in [0.15, 0.2) is 59.8 Å². The minimum atomic E-state index is -0.584. The Kier molecular flexibility index (Phi) is 4.44. The van der Waals surface area contributed by atoms with Crippen LogP contribution in [0.4, 0.5) is 5.82 Å². The van der Waals surface area contributed by atoms with Gasteiger partial charge in [-0.3, -0.25) is 14.2 Å². The molecule has 8 heteroatoms. The van der Waals surface area contributed by atoms with Crippen LogP contribution in [0, 0.1) is 0 Å². The molecule has 0 amide bonds. The first-order valence-electron chi connectivity index (χ1n) is 8.79. The molecule has 4 rings (SSSR count). The fraction of sp³-hybridized carbons (Fsp3) is 0.150. The lowest BCUT2D eigenvalue weighted by Crippen LogP contribution is -2.42. The Hall–Kier alpha value is -3.81. The summed E-state index contributed by atoms with van der Waals surface area (Å²) in [5, 5.41) is 0.282. The molecular formula is C20H18N5O3+. The van der Waals surface area contributed by atoms with Crippen LogP contribution in [0.1, 0.15) is 22.8 Å². The number of anilines is 1. The van der Waals surface area contributed by atoms with Crippen molar-refractivity contribution in [3.8, 4) is 0 Å². The molecule has 4 aromatic rings. The number of hydrogen-bond donors (Lipinski definition) is 1. The van der Waals surface area contributed by atoms with Crippen molar-refractivity contribution in [2.24, 2.45) is 0 Å². The summed E-state index contributed by atoms with van der Waals surface area (Å²) >= 11 is 0. The second kappa shape index (κ2) is 7.07. The zero-order chi connectivity index (χ0) is 19.7. The lowest BCUT2D eigenvalue weighted by molar-refractivity contribution is -0.649. The van der Waals surface area contributed by atoms with E-state index < -0.39 is 5.97 Å². The number of aromatic nitrogens is 4. The van der Waals surface area contributed by atoms with Gasteiger partial charge >= 0.3 is 5.97 Å². The summed E-state index contributed by atoms with van der Waals surface area (Å²) in [4.78, 5) is 34.2. The summed E-state index contributed by atoms with van der Waals surface area (Å²) in [6.45, 7) is 2.22. The molecule has 0 atom stereocenters. The van der Waals surface area contributed by atoms with Gasteiger partial charge < -0.3 is 10.5 Å². The summed E-state index contributed by atoms with van der Waals surface area (Å²) in [5.74, 6) is -0.402. The number of esters is 1. The Morgan fingerprint density at radius 3 is 2.89 bits per heavy atom. The van der Waals surface area contributed by atoms with E-state index in [1.54, 1.807) is 54.3 Å². The number of nitrogens with zero attached hydrogens (tertiary/aromatic N) is 4. The molecule has 0 aliphatic heterocycles. The van der Waals surface area contributed by atoms with Gasteiger partial charge in [-0.2, -0.15) is 0 Å². The van der Waals surface area contributed by atoms with Gasteiger partial charge in [-0.05, 0) is 31.2 Å². The largest absolute Gasteiger partial charge is 0.462 e. The van der Waals surface area contributed by atoms with E-state index in [0.29, 0.717) is 17.8 Å². The highest BCUT2D eigenvalue weighted by atomic mass is 16.5. The van der Waals surface area contributed by atoms with E-state index in [1.807, 2.05) is 6.07 Å². The van der Waals surface area contributed by atoms with Gasteiger partial charge in [-0.1, -0.05) is 17.1 Å². The van der Waals surface area contributed by atoms with Crippen molar-refractivity contribution in [2.45, 2.75) is 13.5 Å². The van der Waals surface area contributed by atoms with Crippen LogP contribution in [0.5, 0.6) is 0 Å². The van der Waals surface area contributed by atoms with Crippen molar-refractivity contribution in [2.75, 3.05) is 12.3 Å². The van der Waals surface area contributed by atoms with Crippen molar-refractivity contribution in [1.82, 2.24) is 14.4 Å². The molecule has 0 aliphatic carbocycles. The molecule has 140 valence electrons. The predicted molar refractivity (Wildman–Crippen MR) is 103 cm³/mol. The third-order valence-electron chi connectivity index (χ3n) is 4.42. The number of hydrogen-bond acceptors (Lipinski definition) is 6. The lowest BCUT2D eigenvalue weighted by atomic mass is 10.1. The predicted octanol–water partition coefficient (Wildman–Crippen LogP) is 1.34. The molecule has 0 fully saturated rings. The van der Waals surface area contributed by atoms with Crippen molar-refractivity contribution >= 4 is 28.5 Å². The Morgan fingerprint density at radius 2 is 2.14 bits per heavy atom. The van der Waals surface area contributed by atoms with Gasteiger partial charge in [-0.15, -0.1) is 0 Å². The van der Waals surface area contributed by atoms with E-state index >= 15 is 0 Å². The number of ether oxygens (including phenoxy) is 1. The number of nitrogens with two attached hydrogens (primary N) is 1. The summed E-state index contributed by atoms with van der Waals surface area (Å²) in [5.41, 5.74) is 7.90. The normalized spacial score (nSPS) is 11.0. The topological polar surface area (TPSA) is 103 Å². The minimum Gasteiger partial charge on any atom is -0.462 e. The first kappa shape index (κ1) is 17.6. The molecule has 28 heavy (non-hydrogen) atoms. The van der Waals surface area contributed by atoms with Gasteiger partial charge in [-0.25, -0.2) is 9.36 Å². The molecule has 0 aromatic carbocycles. The fourth-order valence-electron chi connectivity index (χ4n) is 3.11. The van der Waals surface area contributed by atoms with Crippen LogP contribution >= 0.6 is 0 Å². The molecule has 0 spiro atoms. The van der Waals surface area contributed by atoms with E-state index in [9.17, 15) is 9.59 Å². The van der Waals surface area contributed by atoms with Gasteiger partial charge in [0.05, 0.1) is 13.2 Å². The second-order valence-electron chi connectivity index (χ2n) is 6.19. The van der Waals surface area contributed by atoms with Gasteiger partial charge in [0.2, 0.25) is 11.5 Å². The zero-order valence-corrected chi connectivity index (χ0v) is 15.2. The maximum atomic E-state index is 13.0. The van der Waals surface area contributed by atoms with Crippen LogP contribution in [-0.2, 0) is 11.3 Å². The fourth-order valence-corrected chi connectivity index (χ4v) is 3.11. The van der Waals surface area contributed by atoms with E-state index in [-0.39, 0.29) is 28.9 Å². The Labute approximate surface area is 159 Å². The summed E-state index contributed by atoms with van der Waals surface area (Å²) < 4.78 is 8.19. The quantitative estimate of drug-likeness (QED) is 0.327. The van der Waals surface area contributed by atoms with Crippen LogP contribution in [0.2, 0.25) is 0 Å². The molecule has 4 heterocycles. The summed E-state index contributed by atoms with van der Waals surface area (Å²) in [6.07, 6.45) is 5.00. The van der Waals surface area contributed by atoms with Crippen LogP contribution in [0.25, 0.3) is 16.7 Å². The van der Waals surface area contributed by atoms with E-state index in [4.69, 9.17) is 10.5 Å². The molecular weight excluding hydrogens is 358 g/mol. The van der Waals surface area contributed by atoms with Gasteiger partial charge in [0.25, 0.3) is 11.2 Å². The number of carbonyl (C=O) groups excluding carboxylic acids is 1. The van der Waals surface area contributed by atoms with Crippen LogP contribution in [-0.4, -0.2) is 26.9 Å². The number of nitrogen functional groups attached to an aromatic ring is 1. The number of carbonyl (C=O) groups is 1. The Bertz CT molecular complexity index is 1250. The van der Waals surface area contributed by atoms with Crippen LogP contribution in [0.3, 0.4) is 0 Å². The standard InChI is InChI=1S/C20H17N5O3/c1-2-28-20(27)14-10-15-18(23-16-7-3-4-9-24(16)19(15)26)25(17(14)21)12-13-6-5-8-22-11-13/h3-11,21H,2,12H2,1H3/p+1. The molecule has 0 radical (unpaired) electrons.